The first kappa shape index (κ1) is 16.3. The van der Waals surface area contributed by atoms with Crippen LogP contribution in [0.4, 0.5) is 11.4 Å². The van der Waals surface area contributed by atoms with Crippen molar-refractivity contribution in [1.82, 2.24) is 0 Å². The third-order valence-corrected chi connectivity index (χ3v) is 3.51. The van der Waals surface area contributed by atoms with E-state index in [4.69, 9.17) is 11.6 Å². The van der Waals surface area contributed by atoms with Gasteiger partial charge in [0.2, 0.25) is 0 Å². The Labute approximate surface area is 133 Å². The molecule has 0 aromatic heterocycles. The lowest BCUT2D eigenvalue weighted by molar-refractivity contribution is -0.384. The van der Waals surface area contributed by atoms with Crippen LogP contribution in [0, 0.1) is 17.0 Å². The first-order valence-corrected chi connectivity index (χ1v) is 7.25. The number of hydrogen-bond donors (Lipinski definition) is 2. The molecule has 0 amide bonds. The van der Waals surface area contributed by atoms with E-state index in [1.807, 2.05) is 19.1 Å². The number of nitro benzene ring substituents is 1. The van der Waals surface area contributed by atoms with Crippen LogP contribution in [0.5, 0.6) is 0 Å². The van der Waals surface area contributed by atoms with Gasteiger partial charge in [0.25, 0.3) is 5.69 Å². The molecular weight excluding hydrogens is 304 g/mol. The van der Waals surface area contributed by atoms with Crippen LogP contribution < -0.4 is 5.32 Å². The maximum Gasteiger partial charge on any atom is 0.292 e. The average molecular weight is 321 g/mol. The molecule has 1 unspecified atom stereocenters. The zero-order valence-electron chi connectivity index (χ0n) is 12.1. The second-order valence-corrected chi connectivity index (χ2v) is 5.58. The summed E-state index contributed by atoms with van der Waals surface area (Å²) in [6.45, 7) is 2.09. The molecule has 116 valence electrons. The van der Waals surface area contributed by atoms with Gasteiger partial charge in [-0.25, -0.2) is 0 Å². The predicted molar refractivity (Wildman–Crippen MR) is 87.5 cm³/mol. The average Bonchev–Trinajstić information content (AvgIpc) is 2.47. The fourth-order valence-corrected chi connectivity index (χ4v) is 2.27. The number of anilines is 1. The highest BCUT2D eigenvalue weighted by Gasteiger charge is 2.14. The van der Waals surface area contributed by atoms with Crippen LogP contribution in [0.3, 0.4) is 0 Å². The van der Waals surface area contributed by atoms with Crippen molar-refractivity contribution in [3.8, 4) is 0 Å². The third-order valence-electron chi connectivity index (χ3n) is 3.26. The zero-order valence-corrected chi connectivity index (χ0v) is 12.9. The summed E-state index contributed by atoms with van der Waals surface area (Å²) in [5.41, 5.74) is 2.29. The molecule has 0 radical (unpaired) electrons. The maximum absolute atomic E-state index is 11.0. The topological polar surface area (TPSA) is 75.4 Å². The van der Waals surface area contributed by atoms with E-state index < -0.39 is 11.0 Å². The summed E-state index contributed by atoms with van der Waals surface area (Å²) in [6.07, 6.45) is -0.203. The number of aliphatic hydroxyl groups excluding tert-OH is 1. The van der Waals surface area contributed by atoms with Crippen molar-refractivity contribution in [2.45, 2.75) is 19.4 Å². The molecule has 0 aliphatic heterocycles. The molecule has 0 saturated carbocycles. The first-order valence-electron chi connectivity index (χ1n) is 6.87. The standard InChI is InChI=1S/C16H17ClN2O3/c1-11-2-7-16(19(21)22)15(8-11)18-10-14(20)9-12-3-5-13(17)6-4-12/h2-8,14,18,20H,9-10H2,1H3. The normalized spacial score (nSPS) is 12.0. The van der Waals surface area contributed by atoms with E-state index in [0.717, 1.165) is 11.1 Å². The number of hydrogen-bond acceptors (Lipinski definition) is 4. The van der Waals surface area contributed by atoms with Gasteiger partial charge in [-0.1, -0.05) is 29.8 Å². The number of nitro groups is 1. The van der Waals surface area contributed by atoms with E-state index in [0.29, 0.717) is 17.1 Å². The van der Waals surface area contributed by atoms with Gasteiger partial charge in [0.05, 0.1) is 11.0 Å². The van der Waals surface area contributed by atoms with E-state index in [1.165, 1.54) is 6.07 Å². The molecule has 0 fully saturated rings. The van der Waals surface area contributed by atoms with Crippen LogP contribution in [-0.4, -0.2) is 22.7 Å². The van der Waals surface area contributed by atoms with Gasteiger partial charge >= 0.3 is 0 Å². The van der Waals surface area contributed by atoms with Gasteiger partial charge in [0.15, 0.2) is 0 Å². The number of aryl methyl sites for hydroxylation is 1. The lowest BCUT2D eigenvalue weighted by Gasteiger charge is -2.13. The minimum absolute atomic E-state index is 0.00397. The van der Waals surface area contributed by atoms with Crippen LogP contribution in [0.2, 0.25) is 5.02 Å². The molecule has 2 aromatic carbocycles. The highest BCUT2D eigenvalue weighted by Crippen LogP contribution is 2.25. The van der Waals surface area contributed by atoms with Crippen molar-refractivity contribution in [2.24, 2.45) is 0 Å². The Morgan fingerprint density at radius 3 is 2.59 bits per heavy atom. The Morgan fingerprint density at radius 2 is 1.95 bits per heavy atom. The van der Waals surface area contributed by atoms with Crippen molar-refractivity contribution < 1.29 is 10.0 Å². The van der Waals surface area contributed by atoms with E-state index in [9.17, 15) is 15.2 Å². The maximum atomic E-state index is 11.0. The van der Waals surface area contributed by atoms with Crippen LogP contribution in [-0.2, 0) is 6.42 Å². The molecule has 0 aliphatic carbocycles. The second-order valence-electron chi connectivity index (χ2n) is 5.14. The Hall–Kier alpha value is -2.11. The summed E-state index contributed by atoms with van der Waals surface area (Å²) in [5, 5.41) is 24.7. The van der Waals surface area contributed by atoms with Gasteiger partial charge in [-0.05, 0) is 36.2 Å². The molecular formula is C16H17ClN2O3. The Morgan fingerprint density at radius 1 is 1.27 bits per heavy atom. The SMILES string of the molecule is Cc1ccc([N+](=O)[O-])c(NCC(O)Cc2ccc(Cl)cc2)c1. The van der Waals surface area contributed by atoms with Crippen LogP contribution in [0.1, 0.15) is 11.1 Å². The lowest BCUT2D eigenvalue weighted by Crippen LogP contribution is -2.22. The molecule has 2 aromatic rings. The first-order chi connectivity index (χ1) is 10.5. The van der Waals surface area contributed by atoms with Crippen molar-refractivity contribution in [3.63, 3.8) is 0 Å². The molecule has 0 aliphatic rings. The minimum atomic E-state index is -0.652. The summed E-state index contributed by atoms with van der Waals surface area (Å²) < 4.78 is 0. The van der Waals surface area contributed by atoms with E-state index in [2.05, 4.69) is 5.32 Å². The molecule has 0 spiro atoms. The van der Waals surface area contributed by atoms with Gasteiger partial charge in [-0.2, -0.15) is 0 Å². The van der Waals surface area contributed by atoms with Crippen molar-refractivity contribution >= 4 is 23.0 Å². The van der Waals surface area contributed by atoms with E-state index in [-0.39, 0.29) is 12.2 Å². The van der Waals surface area contributed by atoms with E-state index >= 15 is 0 Å². The molecule has 5 nitrogen and oxygen atoms in total. The lowest BCUT2D eigenvalue weighted by atomic mass is 10.1. The number of rotatable bonds is 6. The number of benzene rings is 2. The molecule has 1 atom stereocenters. The molecule has 0 heterocycles. The smallest absolute Gasteiger partial charge is 0.292 e. The van der Waals surface area contributed by atoms with Gasteiger partial charge < -0.3 is 10.4 Å². The van der Waals surface area contributed by atoms with Gasteiger partial charge in [-0.3, -0.25) is 10.1 Å². The van der Waals surface area contributed by atoms with Crippen molar-refractivity contribution in [2.75, 3.05) is 11.9 Å². The number of aliphatic hydroxyl groups is 1. The molecule has 6 heteroatoms. The Bertz CT molecular complexity index is 659. The zero-order chi connectivity index (χ0) is 16.1. The summed E-state index contributed by atoms with van der Waals surface area (Å²) in [7, 11) is 0. The summed E-state index contributed by atoms with van der Waals surface area (Å²) >= 11 is 5.81. The van der Waals surface area contributed by atoms with Crippen LogP contribution in [0.15, 0.2) is 42.5 Å². The van der Waals surface area contributed by atoms with Crippen LogP contribution in [0.25, 0.3) is 0 Å². The minimum Gasteiger partial charge on any atom is -0.391 e. The quantitative estimate of drug-likeness (QED) is 0.630. The predicted octanol–water partition coefficient (Wildman–Crippen LogP) is 3.57. The summed E-state index contributed by atoms with van der Waals surface area (Å²) in [5.74, 6) is 0. The van der Waals surface area contributed by atoms with Crippen LogP contribution >= 0.6 is 11.6 Å². The highest BCUT2D eigenvalue weighted by molar-refractivity contribution is 6.30. The fraction of sp³-hybridized carbons (Fsp3) is 0.250. The molecule has 2 rings (SSSR count). The Kier molecular flexibility index (Phi) is 5.35. The van der Waals surface area contributed by atoms with Gasteiger partial charge in [-0.15, -0.1) is 0 Å². The third kappa shape index (κ3) is 4.44. The van der Waals surface area contributed by atoms with Gasteiger partial charge in [0, 0.05) is 24.1 Å². The Balaban J connectivity index is 1.99. The summed E-state index contributed by atoms with van der Waals surface area (Å²) in [6, 6.07) is 12.1. The molecule has 22 heavy (non-hydrogen) atoms. The second kappa shape index (κ2) is 7.24. The number of nitrogens with one attached hydrogen (secondary N) is 1. The number of nitrogens with zero attached hydrogens (tertiary/aromatic N) is 1. The largest absolute Gasteiger partial charge is 0.391 e. The van der Waals surface area contributed by atoms with Crippen molar-refractivity contribution in [1.29, 1.82) is 0 Å². The highest BCUT2D eigenvalue weighted by atomic mass is 35.5. The van der Waals surface area contributed by atoms with E-state index in [1.54, 1.807) is 24.3 Å². The fourth-order valence-electron chi connectivity index (χ4n) is 2.14. The van der Waals surface area contributed by atoms with Gasteiger partial charge in [0.1, 0.15) is 5.69 Å². The molecule has 0 bridgehead atoms. The number of halogens is 1. The van der Waals surface area contributed by atoms with Crippen molar-refractivity contribution in [3.05, 3.63) is 68.7 Å². The summed E-state index contributed by atoms with van der Waals surface area (Å²) in [4.78, 5) is 10.6. The molecule has 2 N–H and O–H groups in total. The molecule has 0 saturated heterocycles. The monoisotopic (exact) mass is 320 g/mol.